The smallest absolute Gasteiger partial charge is 0.247 e. The Hall–Kier alpha value is -2.08. The second-order valence-electron chi connectivity index (χ2n) is 3.78. The molecule has 0 saturated carbocycles. The fourth-order valence-electron chi connectivity index (χ4n) is 1.55. The molecule has 0 unspecified atom stereocenters. The highest BCUT2D eigenvalue weighted by Gasteiger charge is 2.10. The summed E-state index contributed by atoms with van der Waals surface area (Å²) in [4.78, 5) is 0. The zero-order valence-electron chi connectivity index (χ0n) is 10.1. The zero-order valence-corrected chi connectivity index (χ0v) is 10.1. The third kappa shape index (κ3) is 2.60. The van der Waals surface area contributed by atoms with Crippen molar-refractivity contribution in [1.82, 2.24) is 10.2 Å². The molecule has 1 aromatic carbocycles. The number of aromatic hydroxyl groups is 1. The molecule has 0 amide bonds. The van der Waals surface area contributed by atoms with Gasteiger partial charge in [-0.25, -0.2) is 0 Å². The third-order valence-corrected chi connectivity index (χ3v) is 2.49. The van der Waals surface area contributed by atoms with Crippen molar-refractivity contribution in [3.8, 4) is 23.0 Å². The minimum atomic E-state index is 0.0386. The Bertz CT molecular complexity index is 525. The van der Waals surface area contributed by atoms with Gasteiger partial charge in [0, 0.05) is 12.0 Å². The normalized spacial score (nSPS) is 10.6. The lowest BCUT2D eigenvalue weighted by Gasteiger charge is -2.03. The molecule has 0 aliphatic carbocycles. The summed E-state index contributed by atoms with van der Waals surface area (Å²) in [7, 11) is 1.49. The van der Waals surface area contributed by atoms with E-state index in [1.54, 1.807) is 12.1 Å². The molecule has 0 saturated heterocycles. The van der Waals surface area contributed by atoms with Crippen molar-refractivity contribution in [3.63, 3.8) is 0 Å². The molecule has 2 rings (SSSR count). The first-order chi connectivity index (χ1) is 8.74. The van der Waals surface area contributed by atoms with E-state index in [2.05, 4.69) is 10.2 Å². The minimum absolute atomic E-state index is 0.0386. The van der Waals surface area contributed by atoms with Crippen molar-refractivity contribution in [2.75, 3.05) is 13.7 Å². The number of aromatic nitrogens is 2. The number of phenols is 1. The van der Waals surface area contributed by atoms with Gasteiger partial charge in [0.15, 0.2) is 11.5 Å². The fraction of sp³-hybridized carbons (Fsp3) is 0.333. The van der Waals surface area contributed by atoms with E-state index >= 15 is 0 Å². The van der Waals surface area contributed by atoms with Crippen LogP contribution in [0.15, 0.2) is 22.6 Å². The zero-order chi connectivity index (χ0) is 13.0. The lowest BCUT2D eigenvalue weighted by atomic mass is 10.2. The highest BCUT2D eigenvalue weighted by Crippen LogP contribution is 2.30. The Morgan fingerprint density at radius 1 is 1.39 bits per heavy atom. The molecule has 18 heavy (non-hydrogen) atoms. The van der Waals surface area contributed by atoms with E-state index in [9.17, 15) is 5.11 Å². The van der Waals surface area contributed by atoms with Crippen molar-refractivity contribution in [1.29, 1.82) is 0 Å². The van der Waals surface area contributed by atoms with E-state index < -0.39 is 0 Å². The molecule has 2 aromatic rings. The molecule has 0 aliphatic rings. The number of ether oxygens (including phenoxy) is 1. The summed E-state index contributed by atoms with van der Waals surface area (Å²) >= 11 is 0. The summed E-state index contributed by atoms with van der Waals surface area (Å²) in [5.41, 5.74) is 6.06. The van der Waals surface area contributed by atoms with Crippen LogP contribution in [0.4, 0.5) is 0 Å². The topological polar surface area (TPSA) is 94.4 Å². The second kappa shape index (κ2) is 5.50. The van der Waals surface area contributed by atoms with Gasteiger partial charge in [0.1, 0.15) is 0 Å². The quantitative estimate of drug-likeness (QED) is 0.830. The van der Waals surface area contributed by atoms with Gasteiger partial charge in [-0.1, -0.05) is 0 Å². The van der Waals surface area contributed by atoms with Crippen LogP contribution in [0.25, 0.3) is 11.5 Å². The van der Waals surface area contributed by atoms with Crippen LogP contribution in [0, 0.1) is 0 Å². The first-order valence-corrected chi connectivity index (χ1v) is 5.64. The molecule has 0 spiro atoms. The van der Waals surface area contributed by atoms with E-state index in [4.69, 9.17) is 14.9 Å². The molecule has 6 nitrogen and oxygen atoms in total. The summed E-state index contributed by atoms with van der Waals surface area (Å²) in [6.45, 7) is 0.584. The van der Waals surface area contributed by atoms with Crippen molar-refractivity contribution in [2.45, 2.75) is 12.8 Å². The molecule has 1 aromatic heterocycles. The first kappa shape index (κ1) is 12.4. The first-order valence-electron chi connectivity index (χ1n) is 5.64. The molecule has 0 aliphatic heterocycles. The Kier molecular flexibility index (Phi) is 3.78. The van der Waals surface area contributed by atoms with Gasteiger partial charge < -0.3 is 20.0 Å². The van der Waals surface area contributed by atoms with Crippen molar-refractivity contribution >= 4 is 0 Å². The number of rotatable bonds is 5. The maximum atomic E-state index is 9.67. The van der Waals surface area contributed by atoms with Crippen LogP contribution in [0.2, 0.25) is 0 Å². The number of methoxy groups -OCH3 is 1. The average Bonchev–Trinajstić information content (AvgIpc) is 2.85. The summed E-state index contributed by atoms with van der Waals surface area (Å²) in [5, 5.41) is 17.5. The maximum absolute atomic E-state index is 9.67. The number of benzene rings is 1. The van der Waals surface area contributed by atoms with E-state index in [-0.39, 0.29) is 5.75 Å². The van der Waals surface area contributed by atoms with Gasteiger partial charge in [0.2, 0.25) is 11.8 Å². The fourth-order valence-corrected chi connectivity index (χ4v) is 1.55. The SMILES string of the molecule is COc1ccc(-c2nnc(CCCN)o2)cc1O. The molecule has 0 bridgehead atoms. The Morgan fingerprint density at radius 2 is 2.22 bits per heavy atom. The van der Waals surface area contributed by atoms with Gasteiger partial charge >= 0.3 is 0 Å². The van der Waals surface area contributed by atoms with Gasteiger partial charge in [-0.2, -0.15) is 0 Å². The molecule has 0 fully saturated rings. The number of nitrogens with two attached hydrogens (primary N) is 1. The summed E-state index contributed by atoms with van der Waals surface area (Å²) in [6.07, 6.45) is 1.46. The molecule has 6 heteroatoms. The minimum Gasteiger partial charge on any atom is -0.504 e. The van der Waals surface area contributed by atoms with Crippen LogP contribution in [-0.4, -0.2) is 29.0 Å². The number of hydrogen-bond acceptors (Lipinski definition) is 6. The standard InChI is InChI=1S/C12H15N3O3/c1-17-10-5-4-8(7-9(10)16)12-15-14-11(18-12)3-2-6-13/h4-5,7,16H,2-3,6,13H2,1H3. The van der Waals surface area contributed by atoms with E-state index in [1.165, 1.54) is 13.2 Å². The molecule has 3 N–H and O–H groups in total. The Balaban J connectivity index is 2.20. The van der Waals surface area contributed by atoms with Crippen molar-refractivity contribution in [2.24, 2.45) is 5.73 Å². The van der Waals surface area contributed by atoms with Gasteiger partial charge in [-0.3, -0.25) is 0 Å². The van der Waals surface area contributed by atoms with Crippen LogP contribution in [0.1, 0.15) is 12.3 Å². The number of nitrogens with zero attached hydrogens (tertiary/aromatic N) is 2. The number of hydrogen-bond donors (Lipinski definition) is 2. The molecule has 0 atom stereocenters. The lowest BCUT2D eigenvalue weighted by Crippen LogP contribution is -2.00. The van der Waals surface area contributed by atoms with Crippen LogP contribution in [0.3, 0.4) is 0 Å². The molecule has 0 radical (unpaired) electrons. The molecule has 96 valence electrons. The van der Waals surface area contributed by atoms with Gasteiger partial charge in [0.25, 0.3) is 0 Å². The Morgan fingerprint density at radius 3 is 2.89 bits per heavy atom. The maximum Gasteiger partial charge on any atom is 0.247 e. The average molecular weight is 249 g/mol. The number of phenolic OH excluding ortho intramolecular Hbond substituents is 1. The van der Waals surface area contributed by atoms with Crippen LogP contribution < -0.4 is 10.5 Å². The van der Waals surface area contributed by atoms with Crippen LogP contribution in [0.5, 0.6) is 11.5 Å². The van der Waals surface area contributed by atoms with E-state index in [0.29, 0.717) is 36.1 Å². The number of aryl methyl sites for hydroxylation is 1. The largest absolute Gasteiger partial charge is 0.504 e. The van der Waals surface area contributed by atoms with E-state index in [0.717, 1.165) is 6.42 Å². The van der Waals surface area contributed by atoms with E-state index in [1.807, 2.05) is 0 Å². The third-order valence-electron chi connectivity index (χ3n) is 2.49. The van der Waals surface area contributed by atoms with Gasteiger partial charge in [-0.15, -0.1) is 10.2 Å². The summed E-state index contributed by atoms with van der Waals surface area (Å²) in [5.74, 6) is 1.36. The summed E-state index contributed by atoms with van der Waals surface area (Å²) < 4.78 is 10.4. The van der Waals surface area contributed by atoms with Gasteiger partial charge in [-0.05, 0) is 31.2 Å². The highest BCUT2D eigenvalue weighted by atomic mass is 16.5. The monoisotopic (exact) mass is 249 g/mol. The van der Waals surface area contributed by atoms with Crippen LogP contribution >= 0.6 is 0 Å². The second-order valence-corrected chi connectivity index (χ2v) is 3.78. The lowest BCUT2D eigenvalue weighted by molar-refractivity contribution is 0.373. The Labute approximate surface area is 104 Å². The van der Waals surface area contributed by atoms with Crippen LogP contribution in [-0.2, 0) is 6.42 Å². The predicted octanol–water partition coefficient (Wildman–Crippen LogP) is 1.34. The molecular weight excluding hydrogens is 234 g/mol. The predicted molar refractivity (Wildman–Crippen MR) is 65.3 cm³/mol. The van der Waals surface area contributed by atoms with Crippen molar-refractivity contribution in [3.05, 3.63) is 24.1 Å². The van der Waals surface area contributed by atoms with Crippen molar-refractivity contribution < 1.29 is 14.3 Å². The highest BCUT2D eigenvalue weighted by molar-refractivity contribution is 5.59. The molecular formula is C12H15N3O3. The van der Waals surface area contributed by atoms with Gasteiger partial charge in [0.05, 0.1) is 7.11 Å². The molecule has 1 heterocycles. The summed E-state index contributed by atoms with van der Waals surface area (Å²) in [6, 6.07) is 4.92.